The number of imidazole rings is 1. The summed E-state index contributed by atoms with van der Waals surface area (Å²) < 4.78 is 7.24. The summed E-state index contributed by atoms with van der Waals surface area (Å²) in [5.41, 5.74) is 0.681. The van der Waals surface area contributed by atoms with Crippen molar-refractivity contribution in [2.24, 2.45) is 5.41 Å². The first-order chi connectivity index (χ1) is 8.83. The van der Waals surface area contributed by atoms with Crippen molar-refractivity contribution in [3.05, 3.63) is 36.8 Å². The summed E-state index contributed by atoms with van der Waals surface area (Å²) in [7, 11) is 0. The van der Waals surface area contributed by atoms with E-state index < -0.39 is 0 Å². The van der Waals surface area contributed by atoms with Crippen LogP contribution >= 0.6 is 0 Å². The van der Waals surface area contributed by atoms with Crippen molar-refractivity contribution in [2.75, 3.05) is 19.8 Å². The summed E-state index contributed by atoms with van der Waals surface area (Å²) in [4.78, 5) is 8.65. The van der Waals surface area contributed by atoms with Gasteiger partial charge in [-0.1, -0.05) is 6.07 Å². The highest BCUT2D eigenvalue weighted by Gasteiger charge is 2.38. The minimum atomic E-state index is -0.162. The fourth-order valence-corrected chi connectivity index (χ4v) is 2.15. The van der Waals surface area contributed by atoms with Gasteiger partial charge >= 0.3 is 0 Å². The standard InChI is InChI=1S/C13H15N3O2/c17-8-13(9-18-10-13)7-16-6-5-15-12(16)11-3-1-2-4-14-11/h1-6,17H,7-10H2. The van der Waals surface area contributed by atoms with Gasteiger partial charge in [-0.15, -0.1) is 0 Å². The van der Waals surface area contributed by atoms with Crippen LogP contribution in [-0.2, 0) is 11.3 Å². The number of aliphatic hydroxyl groups is 1. The van der Waals surface area contributed by atoms with Crippen LogP contribution in [0.5, 0.6) is 0 Å². The second kappa shape index (κ2) is 4.51. The average Bonchev–Trinajstić information content (AvgIpc) is 2.83. The largest absolute Gasteiger partial charge is 0.396 e. The summed E-state index contributed by atoms with van der Waals surface area (Å²) in [6.07, 6.45) is 5.43. The Balaban J connectivity index is 1.88. The van der Waals surface area contributed by atoms with E-state index in [2.05, 4.69) is 9.97 Å². The summed E-state index contributed by atoms with van der Waals surface area (Å²) in [5, 5.41) is 9.47. The number of aliphatic hydroxyl groups excluding tert-OH is 1. The first-order valence-electron chi connectivity index (χ1n) is 5.94. The minimum absolute atomic E-state index is 0.132. The Labute approximate surface area is 105 Å². The van der Waals surface area contributed by atoms with Gasteiger partial charge < -0.3 is 14.4 Å². The number of hydrogen-bond donors (Lipinski definition) is 1. The lowest BCUT2D eigenvalue weighted by molar-refractivity contribution is -0.144. The molecular formula is C13H15N3O2. The molecule has 0 saturated carbocycles. The molecule has 1 aliphatic heterocycles. The predicted molar refractivity (Wildman–Crippen MR) is 65.8 cm³/mol. The molecule has 1 fully saturated rings. The number of rotatable bonds is 4. The highest BCUT2D eigenvalue weighted by molar-refractivity contribution is 5.49. The van der Waals surface area contributed by atoms with E-state index in [0.29, 0.717) is 19.8 Å². The van der Waals surface area contributed by atoms with Gasteiger partial charge in [-0.25, -0.2) is 4.98 Å². The SMILES string of the molecule is OCC1(Cn2ccnc2-c2ccccn2)COC1. The molecule has 5 heteroatoms. The van der Waals surface area contributed by atoms with E-state index in [4.69, 9.17) is 4.74 Å². The zero-order valence-electron chi connectivity index (χ0n) is 9.99. The van der Waals surface area contributed by atoms with Crippen molar-refractivity contribution >= 4 is 0 Å². The van der Waals surface area contributed by atoms with Gasteiger partial charge in [0.05, 0.1) is 25.2 Å². The summed E-state index contributed by atoms with van der Waals surface area (Å²) in [6, 6.07) is 5.75. The van der Waals surface area contributed by atoms with Gasteiger partial charge in [-0.2, -0.15) is 0 Å². The summed E-state index contributed by atoms with van der Waals surface area (Å²) in [5.74, 6) is 0.829. The van der Waals surface area contributed by atoms with Crippen molar-refractivity contribution in [3.8, 4) is 11.5 Å². The molecule has 1 aliphatic rings. The molecule has 94 valence electrons. The fourth-order valence-electron chi connectivity index (χ4n) is 2.15. The molecule has 0 spiro atoms. The van der Waals surface area contributed by atoms with Gasteiger partial charge in [-0.05, 0) is 12.1 Å². The summed E-state index contributed by atoms with van der Waals surface area (Å²) >= 11 is 0. The Bertz CT molecular complexity index is 515. The van der Waals surface area contributed by atoms with Crippen LogP contribution in [0.1, 0.15) is 0 Å². The number of aromatic nitrogens is 3. The van der Waals surface area contributed by atoms with Crippen molar-refractivity contribution in [1.82, 2.24) is 14.5 Å². The predicted octanol–water partition coefficient (Wildman–Crippen LogP) is 0.954. The molecule has 0 aliphatic carbocycles. The van der Waals surface area contributed by atoms with Gasteiger partial charge in [-0.3, -0.25) is 4.98 Å². The van der Waals surface area contributed by atoms with Crippen molar-refractivity contribution in [3.63, 3.8) is 0 Å². The summed E-state index contributed by atoms with van der Waals surface area (Å²) in [6.45, 7) is 2.04. The van der Waals surface area contributed by atoms with Crippen LogP contribution in [-0.4, -0.2) is 39.5 Å². The molecule has 0 atom stereocenters. The fraction of sp³-hybridized carbons (Fsp3) is 0.385. The smallest absolute Gasteiger partial charge is 0.158 e. The van der Waals surface area contributed by atoms with Crippen LogP contribution in [0, 0.1) is 5.41 Å². The molecule has 0 radical (unpaired) electrons. The second-order valence-electron chi connectivity index (χ2n) is 4.74. The zero-order chi connectivity index (χ0) is 12.4. The average molecular weight is 245 g/mol. The Morgan fingerprint density at radius 2 is 2.17 bits per heavy atom. The van der Waals surface area contributed by atoms with E-state index in [1.54, 1.807) is 12.4 Å². The van der Waals surface area contributed by atoms with E-state index >= 15 is 0 Å². The Morgan fingerprint density at radius 1 is 1.28 bits per heavy atom. The van der Waals surface area contributed by atoms with Gasteiger partial charge in [0, 0.05) is 25.1 Å². The normalized spacial score (nSPS) is 17.4. The topological polar surface area (TPSA) is 60.2 Å². The maximum atomic E-state index is 9.47. The van der Waals surface area contributed by atoms with Crippen LogP contribution in [0.25, 0.3) is 11.5 Å². The molecule has 0 amide bonds. The van der Waals surface area contributed by atoms with Crippen molar-refractivity contribution in [1.29, 1.82) is 0 Å². The second-order valence-corrected chi connectivity index (χ2v) is 4.74. The number of ether oxygens (including phenoxy) is 1. The van der Waals surface area contributed by atoms with E-state index in [1.165, 1.54) is 0 Å². The molecule has 3 heterocycles. The molecule has 0 aromatic carbocycles. The number of nitrogens with zero attached hydrogens (tertiary/aromatic N) is 3. The molecule has 3 rings (SSSR count). The highest BCUT2D eigenvalue weighted by Crippen LogP contribution is 2.30. The Morgan fingerprint density at radius 3 is 2.78 bits per heavy atom. The minimum Gasteiger partial charge on any atom is -0.396 e. The molecule has 5 nitrogen and oxygen atoms in total. The molecule has 1 saturated heterocycles. The quantitative estimate of drug-likeness (QED) is 0.871. The molecule has 0 bridgehead atoms. The van der Waals surface area contributed by atoms with Crippen LogP contribution in [0.15, 0.2) is 36.8 Å². The maximum absolute atomic E-state index is 9.47. The van der Waals surface area contributed by atoms with E-state index in [0.717, 1.165) is 11.5 Å². The van der Waals surface area contributed by atoms with Crippen molar-refractivity contribution < 1.29 is 9.84 Å². The first-order valence-corrected chi connectivity index (χ1v) is 5.94. The molecular weight excluding hydrogens is 230 g/mol. The third-order valence-electron chi connectivity index (χ3n) is 3.27. The lowest BCUT2D eigenvalue weighted by Crippen LogP contribution is -2.48. The first kappa shape index (κ1) is 11.4. The highest BCUT2D eigenvalue weighted by atomic mass is 16.5. The van der Waals surface area contributed by atoms with Gasteiger partial charge in [0.2, 0.25) is 0 Å². The van der Waals surface area contributed by atoms with Gasteiger partial charge in [0.15, 0.2) is 5.82 Å². The van der Waals surface area contributed by atoms with E-state index in [-0.39, 0.29) is 12.0 Å². The molecule has 2 aromatic rings. The van der Waals surface area contributed by atoms with Crippen LogP contribution in [0.2, 0.25) is 0 Å². The lowest BCUT2D eigenvalue weighted by Gasteiger charge is -2.40. The van der Waals surface area contributed by atoms with Gasteiger partial charge in [0.25, 0.3) is 0 Å². The number of hydrogen-bond acceptors (Lipinski definition) is 4. The zero-order valence-corrected chi connectivity index (χ0v) is 9.99. The Kier molecular flexibility index (Phi) is 2.85. The van der Waals surface area contributed by atoms with Crippen LogP contribution in [0.3, 0.4) is 0 Å². The lowest BCUT2D eigenvalue weighted by atomic mass is 9.87. The molecule has 18 heavy (non-hydrogen) atoms. The number of pyridine rings is 1. The monoisotopic (exact) mass is 245 g/mol. The van der Waals surface area contributed by atoms with E-state index in [9.17, 15) is 5.11 Å². The van der Waals surface area contributed by atoms with Crippen LogP contribution < -0.4 is 0 Å². The van der Waals surface area contributed by atoms with Crippen molar-refractivity contribution in [2.45, 2.75) is 6.54 Å². The molecule has 2 aromatic heterocycles. The van der Waals surface area contributed by atoms with Crippen LogP contribution in [0.4, 0.5) is 0 Å². The molecule has 0 unspecified atom stereocenters. The maximum Gasteiger partial charge on any atom is 0.158 e. The Hall–Kier alpha value is -1.72. The third kappa shape index (κ3) is 1.91. The van der Waals surface area contributed by atoms with E-state index in [1.807, 2.05) is 29.0 Å². The third-order valence-corrected chi connectivity index (χ3v) is 3.27. The van der Waals surface area contributed by atoms with Gasteiger partial charge in [0.1, 0.15) is 5.69 Å². The molecule has 1 N–H and O–H groups in total.